The first-order valence-corrected chi connectivity index (χ1v) is 9.29. The number of aromatic amines is 1. The number of carbonyl (C=O) groups is 1. The van der Waals surface area contributed by atoms with Crippen LogP contribution in [-0.4, -0.2) is 20.4 Å². The molecule has 142 valence electrons. The molecule has 0 saturated carbocycles. The molecule has 4 aromatic rings. The Balaban J connectivity index is 1.74. The van der Waals surface area contributed by atoms with Gasteiger partial charge in [-0.3, -0.25) is 9.59 Å². The van der Waals surface area contributed by atoms with Crippen LogP contribution in [0.4, 0.5) is 0 Å². The number of pyridine rings is 1. The van der Waals surface area contributed by atoms with Crippen molar-refractivity contribution in [3.63, 3.8) is 0 Å². The minimum Gasteiger partial charge on any atom is -0.342 e. The van der Waals surface area contributed by atoms with E-state index in [1.54, 1.807) is 31.4 Å². The number of hydrogen-bond donors (Lipinski definition) is 2. The van der Waals surface area contributed by atoms with Gasteiger partial charge in [0.25, 0.3) is 11.5 Å². The van der Waals surface area contributed by atoms with E-state index >= 15 is 0 Å². The molecule has 0 bridgehead atoms. The van der Waals surface area contributed by atoms with Crippen molar-refractivity contribution in [3.8, 4) is 0 Å². The van der Waals surface area contributed by atoms with Gasteiger partial charge in [0.1, 0.15) is 5.82 Å². The van der Waals surface area contributed by atoms with Gasteiger partial charge in [0.15, 0.2) is 0 Å². The third-order valence-corrected chi connectivity index (χ3v) is 4.99. The Morgan fingerprint density at radius 2 is 1.75 bits per heavy atom. The highest BCUT2D eigenvalue weighted by Gasteiger charge is 2.24. The number of carbonyl (C=O) groups excluding carboxylic acids is 1. The van der Waals surface area contributed by atoms with Gasteiger partial charge in [-0.1, -0.05) is 44.2 Å². The van der Waals surface area contributed by atoms with E-state index in [0.717, 1.165) is 16.9 Å². The third kappa shape index (κ3) is 3.07. The number of para-hydroxylation sites is 2. The molecule has 2 N–H and O–H groups in total. The molecule has 6 heteroatoms. The molecular weight excluding hydrogens is 352 g/mol. The number of aryl methyl sites for hydroxylation is 1. The zero-order valence-corrected chi connectivity index (χ0v) is 16.1. The normalized spacial score (nSPS) is 12.6. The second kappa shape index (κ2) is 6.96. The maximum absolute atomic E-state index is 13.2. The molecule has 0 fully saturated rings. The van der Waals surface area contributed by atoms with Crippen molar-refractivity contribution < 1.29 is 4.79 Å². The first-order valence-electron chi connectivity index (χ1n) is 9.29. The van der Waals surface area contributed by atoms with Gasteiger partial charge in [-0.05, 0) is 24.1 Å². The number of nitrogens with one attached hydrogen (secondary N) is 2. The minimum absolute atomic E-state index is 0.121. The molecule has 1 atom stereocenters. The van der Waals surface area contributed by atoms with E-state index in [-0.39, 0.29) is 23.4 Å². The van der Waals surface area contributed by atoms with E-state index in [9.17, 15) is 9.59 Å². The summed E-state index contributed by atoms with van der Waals surface area (Å²) < 4.78 is 1.45. The highest BCUT2D eigenvalue weighted by Crippen LogP contribution is 2.23. The van der Waals surface area contributed by atoms with Gasteiger partial charge in [-0.25, -0.2) is 4.98 Å². The summed E-state index contributed by atoms with van der Waals surface area (Å²) in [6.45, 7) is 4.08. The Labute approximate surface area is 162 Å². The molecule has 0 spiro atoms. The first-order chi connectivity index (χ1) is 13.5. The molecule has 0 aliphatic heterocycles. The molecule has 0 aliphatic carbocycles. The number of aromatic nitrogens is 3. The van der Waals surface area contributed by atoms with Crippen LogP contribution in [0.1, 0.15) is 36.1 Å². The number of imidazole rings is 1. The molecule has 28 heavy (non-hydrogen) atoms. The topological polar surface area (TPSA) is 79.8 Å². The van der Waals surface area contributed by atoms with Crippen LogP contribution in [0.25, 0.3) is 21.8 Å². The summed E-state index contributed by atoms with van der Waals surface area (Å²) in [6, 6.07) is 14.7. The second-order valence-corrected chi connectivity index (χ2v) is 7.34. The SMILES string of the molecule is CC(C)[C@H](NC(=O)c1cn(C)c(=O)c2ccccc12)c1nc2ccccc2[nH]1. The molecule has 0 unspecified atom stereocenters. The summed E-state index contributed by atoms with van der Waals surface area (Å²) in [6.07, 6.45) is 1.59. The predicted molar refractivity (Wildman–Crippen MR) is 110 cm³/mol. The van der Waals surface area contributed by atoms with Crippen LogP contribution in [0, 0.1) is 5.92 Å². The number of rotatable bonds is 4. The lowest BCUT2D eigenvalue weighted by atomic mass is 10.0. The lowest BCUT2D eigenvalue weighted by Crippen LogP contribution is -2.33. The molecule has 0 radical (unpaired) electrons. The number of nitrogens with zero attached hydrogens (tertiary/aromatic N) is 2. The molecule has 0 saturated heterocycles. The van der Waals surface area contributed by atoms with E-state index < -0.39 is 0 Å². The van der Waals surface area contributed by atoms with Crippen LogP contribution in [0.2, 0.25) is 0 Å². The fourth-order valence-electron chi connectivity index (χ4n) is 3.49. The van der Waals surface area contributed by atoms with Crippen molar-refractivity contribution in [2.45, 2.75) is 19.9 Å². The number of hydrogen-bond acceptors (Lipinski definition) is 3. The van der Waals surface area contributed by atoms with E-state index in [4.69, 9.17) is 0 Å². The van der Waals surface area contributed by atoms with Gasteiger partial charge in [-0.2, -0.15) is 0 Å². The van der Waals surface area contributed by atoms with Crippen LogP contribution >= 0.6 is 0 Å². The molecule has 0 aliphatic rings. The Hall–Kier alpha value is -3.41. The smallest absolute Gasteiger partial charge is 0.258 e. The van der Waals surface area contributed by atoms with E-state index in [1.165, 1.54) is 4.57 Å². The number of amides is 1. The highest BCUT2D eigenvalue weighted by atomic mass is 16.2. The quantitative estimate of drug-likeness (QED) is 0.573. The van der Waals surface area contributed by atoms with Crippen LogP contribution in [0.3, 0.4) is 0 Å². The lowest BCUT2D eigenvalue weighted by Gasteiger charge is -2.21. The first kappa shape index (κ1) is 18.0. The molecule has 2 aromatic carbocycles. The maximum Gasteiger partial charge on any atom is 0.258 e. The molecule has 1 amide bonds. The van der Waals surface area contributed by atoms with Gasteiger partial charge < -0.3 is 14.9 Å². The zero-order valence-electron chi connectivity index (χ0n) is 16.1. The average molecular weight is 374 g/mol. The van der Waals surface area contributed by atoms with Gasteiger partial charge in [0.2, 0.25) is 0 Å². The fraction of sp³-hybridized carbons (Fsp3) is 0.227. The van der Waals surface area contributed by atoms with Gasteiger partial charge >= 0.3 is 0 Å². The van der Waals surface area contributed by atoms with Crippen molar-refractivity contribution in [2.75, 3.05) is 0 Å². The number of benzene rings is 2. The maximum atomic E-state index is 13.2. The summed E-state index contributed by atoms with van der Waals surface area (Å²) in [5.41, 5.74) is 2.15. The van der Waals surface area contributed by atoms with Crippen molar-refractivity contribution in [2.24, 2.45) is 13.0 Å². The lowest BCUT2D eigenvalue weighted by molar-refractivity contribution is 0.0924. The molecule has 6 nitrogen and oxygen atoms in total. The van der Waals surface area contributed by atoms with Crippen LogP contribution in [-0.2, 0) is 7.05 Å². The average Bonchev–Trinajstić information content (AvgIpc) is 3.12. The second-order valence-electron chi connectivity index (χ2n) is 7.34. The highest BCUT2D eigenvalue weighted by molar-refractivity contribution is 6.06. The summed E-state index contributed by atoms with van der Waals surface area (Å²) in [4.78, 5) is 33.5. The Kier molecular flexibility index (Phi) is 4.47. The summed E-state index contributed by atoms with van der Waals surface area (Å²) in [5, 5.41) is 4.28. The third-order valence-electron chi connectivity index (χ3n) is 4.99. The fourth-order valence-corrected chi connectivity index (χ4v) is 3.49. The van der Waals surface area contributed by atoms with E-state index in [0.29, 0.717) is 16.3 Å². The number of fused-ring (bicyclic) bond motifs is 2. The minimum atomic E-state index is -0.282. The zero-order chi connectivity index (χ0) is 19.8. The van der Waals surface area contributed by atoms with Crippen molar-refractivity contribution in [1.29, 1.82) is 0 Å². The Bertz CT molecular complexity index is 1200. The van der Waals surface area contributed by atoms with Crippen molar-refractivity contribution in [3.05, 3.63) is 76.5 Å². The molecular formula is C22H22N4O2. The largest absolute Gasteiger partial charge is 0.342 e. The summed E-state index contributed by atoms with van der Waals surface area (Å²) >= 11 is 0. The standard InChI is InChI=1S/C22H22N4O2/c1-13(2)19(20-23-17-10-6-7-11-18(17)24-20)25-21(27)16-12-26(3)22(28)15-9-5-4-8-14(15)16/h4-13,19H,1-3H3,(H,23,24)(H,25,27)/t19-/m0/s1. The van der Waals surface area contributed by atoms with Crippen molar-refractivity contribution >= 4 is 27.7 Å². The van der Waals surface area contributed by atoms with Crippen LogP contribution in [0.5, 0.6) is 0 Å². The predicted octanol–water partition coefficient (Wildman–Crippen LogP) is 3.54. The molecule has 4 rings (SSSR count). The summed E-state index contributed by atoms with van der Waals surface area (Å²) in [5.74, 6) is 0.618. The Morgan fingerprint density at radius 3 is 2.46 bits per heavy atom. The molecule has 2 heterocycles. The molecule has 2 aromatic heterocycles. The number of H-pyrrole nitrogens is 1. The van der Waals surface area contributed by atoms with Crippen molar-refractivity contribution in [1.82, 2.24) is 19.9 Å². The monoisotopic (exact) mass is 374 g/mol. The summed E-state index contributed by atoms with van der Waals surface area (Å²) in [7, 11) is 1.66. The van der Waals surface area contributed by atoms with E-state index in [2.05, 4.69) is 15.3 Å². The van der Waals surface area contributed by atoms with Gasteiger partial charge in [0.05, 0.1) is 22.6 Å². The van der Waals surface area contributed by atoms with E-state index in [1.807, 2.05) is 44.2 Å². The Morgan fingerprint density at radius 1 is 1.07 bits per heavy atom. The van der Waals surface area contributed by atoms with Crippen LogP contribution < -0.4 is 10.9 Å². The van der Waals surface area contributed by atoms with Crippen LogP contribution in [0.15, 0.2) is 59.5 Å². The van der Waals surface area contributed by atoms with Gasteiger partial charge in [-0.15, -0.1) is 0 Å². The van der Waals surface area contributed by atoms with Gasteiger partial charge in [0, 0.05) is 24.0 Å².